The Morgan fingerprint density at radius 2 is 1.92 bits per heavy atom. The van der Waals surface area contributed by atoms with E-state index in [0.29, 0.717) is 24.4 Å². The molecule has 3 heterocycles. The van der Waals surface area contributed by atoms with Crippen LogP contribution in [0.25, 0.3) is 22.2 Å². The molecule has 14 heteroatoms. The van der Waals surface area contributed by atoms with E-state index in [-0.39, 0.29) is 22.3 Å². The molecule has 0 saturated heterocycles. The van der Waals surface area contributed by atoms with Crippen LogP contribution < -0.4 is 11.0 Å². The highest BCUT2D eigenvalue weighted by Crippen LogP contribution is 2.37. The van der Waals surface area contributed by atoms with Crippen LogP contribution in [0.5, 0.6) is 0 Å². The number of imidazole rings is 1. The molecule has 5 aromatic rings. The van der Waals surface area contributed by atoms with Gasteiger partial charge in [0, 0.05) is 43.0 Å². The van der Waals surface area contributed by atoms with Crippen molar-refractivity contribution in [2.45, 2.75) is 25.7 Å². The molecule has 3 aromatic heterocycles. The van der Waals surface area contributed by atoms with Crippen molar-refractivity contribution in [3.8, 4) is 11.1 Å². The second-order valence-corrected chi connectivity index (χ2v) is 8.55. The van der Waals surface area contributed by atoms with E-state index in [9.17, 15) is 27.2 Å². The van der Waals surface area contributed by atoms with Crippen LogP contribution in [-0.2, 0) is 37.5 Å². The average Bonchev–Trinajstić information content (AvgIpc) is 3.61. The number of amides is 1. The molecule has 0 saturated carbocycles. The number of benzene rings is 2. The molecule has 38 heavy (non-hydrogen) atoms. The Bertz CT molecular complexity index is 1660. The number of carbonyl (C=O) groups excluding carboxylic acids is 1. The molecule has 0 atom stereocenters. The number of aromatic amines is 1. The number of carbonyl (C=O) groups is 1. The lowest BCUT2D eigenvalue weighted by molar-refractivity contribution is -0.137. The van der Waals surface area contributed by atoms with Crippen LogP contribution in [0.4, 0.5) is 23.2 Å². The largest absolute Gasteiger partial charge is 0.416 e. The van der Waals surface area contributed by atoms with Gasteiger partial charge in [-0.25, -0.2) is 14.2 Å². The maximum absolute atomic E-state index is 13.9. The number of aryl methyl sites for hydroxylation is 3. The second kappa shape index (κ2) is 9.61. The van der Waals surface area contributed by atoms with Gasteiger partial charge in [-0.05, 0) is 36.4 Å². The Kier molecular flexibility index (Phi) is 6.30. The van der Waals surface area contributed by atoms with Gasteiger partial charge in [-0.15, -0.1) is 0 Å². The molecule has 5 rings (SSSR count). The van der Waals surface area contributed by atoms with E-state index in [1.54, 1.807) is 10.9 Å². The third kappa shape index (κ3) is 4.92. The number of halogens is 4. The average molecular weight is 528 g/mol. The van der Waals surface area contributed by atoms with Crippen LogP contribution in [0.3, 0.4) is 0 Å². The van der Waals surface area contributed by atoms with Crippen molar-refractivity contribution in [2.24, 2.45) is 7.05 Å². The van der Waals surface area contributed by atoms with Crippen LogP contribution in [-0.4, -0.2) is 40.0 Å². The number of rotatable bonds is 7. The first-order chi connectivity index (χ1) is 18.1. The fourth-order valence-corrected chi connectivity index (χ4v) is 4.17. The van der Waals surface area contributed by atoms with Gasteiger partial charge in [0.25, 0.3) is 0 Å². The molecule has 1 amide bonds. The van der Waals surface area contributed by atoms with Crippen molar-refractivity contribution in [3.05, 3.63) is 82.8 Å². The number of H-pyrrole nitrogens is 1. The molecule has 10 nitrogen and oxygen atoms in total. The van der Waals surface area contributed by atoms with Crippen LogP contribution in [0, 0.1) is 5.82 Å². The van der Waals surface area contributed by atoms with Gasteiger partial charge in [0.2, 0.25) is 5.91 Å². The molecule has 0 unspecified atom stereocenters. The van der Waals surface area contributed by atoms with Gasteiger partial charge in [0.05, 0.1) is 22.8 Å². The van der Waals surface area contributed by atoms with Crippen LogP contribution in [0.2, 0.25) is 0 Å². The van der Waals surface area contributed by atoms with E-state index in [1.807, 2.05) is 0 Å². The Morgan fingerprint density at radius 1 is 1.16 bits per heavy atom. The normalized spacial score (nSPS) is 11.8. The van der Waals surface area contributed by atoms with Crippen molar-refractivity contribution >= 4 is 22.6 Å². The van der Waals surface area contributed by atoms with Crippen molar-refractivity contribution in [3.63, 3.8) is 0 Å². The van der Waals surface area contributed by atoms with E-state index >= 15 is 0 Å². The number of hydrogen-bond acceptors (Lipinski definition) is 5. The van der Waals surface area contributed by atoms with E-state index in [2.05, 4.69) is 25.6 Å². The van der Waals surface area contributed by atoms with Gasteiger partial charge in [0.1, 0.15) is 24.5 Å². The number of fused-ring (bicyclic) bond motifs is 1. The number of aromatic nitrogens is 7. The molecule has 2 N–H and O–H groups in total. The van der Waals surface area contributed by atoms with Gasteiger partial charge in [0.15, 0.2) is 0 Å². The molecular formula is C24H20F4N8O2. The molecule has 0 aliphatic carbocycles. The minimum absolute atomic E-state index is 0.0639. The smallest absolute Gasteiger partial charge is 0.325 e. The molecule has 0 spiro atoms. The summed E-state index contributed by atoms with van der Waals surface area (Å²) in [6, 6.07) is 6.76. The molecule has 0 aliphatic rings. The number of anilines is 1. The minimum atomic E-state index is -4.71. The number of nitrogens with zero attached hydrogens (tertiary/aromatic N) is 6. The highest BCUT2D eigenvalue weighted by Gasteiger charge is 2.33. The zero-order valence-electron chi connectivity index (χ0n) is 19.8. The molecule has 0 bridgehead atoms. The summed E-state index contributed by atoms with van der Waals surface area (Å²) in [5.74, 6) is -0.533. The summed E-state index contributed by atoms with van der Waals surface area (Å²) in [4.78, 5) is 29.8. The second-order valence-electron chi connectivity index (χ2n) is 8.55. The highest BCUT2D eigenvalue weighted by atomic mass is 19.4. The van der Waals surface area contributed by atoms with E-state index in [1.165, 1.54) is 36.3 Å². The topological polar surface area (TPSA) is 115 Å². The third-order valence-corrected chi connectivity index (χ3v) is 5.98. The first-order valence-electron chi connectivity index (χ1n) is 11.3. The lowest BCUT2D eigenvalue weighted by Crippen LogP contribution is -2.28. The van der Waals surface area contributed by atoms with Crippen LogP contribution >= 0.6 is 0 Å². The fourth-order valence-electron chi connectivity index (χ4n) is 4.17. The van der Waals surface area contributed by atoms with Crippen molar-refractivity contribution in [1.82, 2.24) is 34.1 Å². The lowest BCUT2D eigenvalue weighted by atomic mass is 10.0. The number of hydrogen-bond donors (Lipinski definition) is 2. The molecule has 0 aliphatic heterocycles. The fraction of sp³-hybridized carbons (Fsp3) is 0.208. The molecular weight excluding hydrogens is 508 g/mol. The summed E-state index contributed by atoms with van der Waals surface area (Å²) >= 11 is 0. The van der Waals surface area contributed by atoms with E-state index in [4.69, 9.17) is 0 Å². The van der Waals surface area contributed by atoms with Gasteiger partial charge in [-0.2, -0.15) is 23.4 Å². The Morgan fingerprint density at radius 3 is 2.61 bits per heavy atom. The number of alkyl halides is 3. The maximum Gasteiger partial charge on any atom is 0.416 e. The maximum atomic E-state index is 13.9. The van der Waals surface area contributed by atoms with Crippen molar-refractivity contribution in [2.75, 3.05) is 5.32 Å². The summed E-state index contributed by atoms with van der Waals surface area (Å²) in [6.45, 7) is -0.161. The first kappa shape index (κ1) is 24.9. The van der Waals surface area contributed by atoms with E-state index < -0.39 is 35.7 Å². The summed E-state index contributed by atoms with van der Waals surface area (Å²) in [7, 11) is 1.42. The SMILES string of the molecule is Cn1c(=O)n(CC(=O)Nc2ccc(F)cc2)c2cc(C(F)(F)F)cc(-c3cnn(CCc4ncn[nH]4)c3)c21. The van der Waals surface area contributed by atoms with Crippen LogP contribution in [0.1, 0.15) is 11.4 Å². The van der Waals surface area contributed by atoms with Crippen LogP contribution in [0.15, 0.2) is 59.9 Å². The zero-order valence-corrected chi connectivity index (χ0v) is 19.8. The van der Waals surface area contributed by atoms with Gasteiger partial charge in [-0.1, -0.05) is 0 Å². The molecule has 2 aromatic carbocycles. The summed E-state index contributed by atoms with van der Waals surface area (Å²) < 4.78 is 58.5. The van der Waals surface area contributed by atoms with Gasteiger partial charge in [-0.3, -0.25) is 23.7 Å². The van der Waals surface area contributed by atoms with Crippen molar-refractivity contribution < 1.29 is 22.4 Å². The quantitative estimate of drug-likeness (QED) is 0.315. The predicted molar refractivity (Wildman–Crippen MR) is 129 cm³/mol. The van der Waals surface area contributed by atoms with E-state index in [0.717, 1.165) is 28.8 Å². The summed E-state index contributed by atoms with van der Waals surface area (Å²) in [5, 5.41) is 13.3. The molecule has 196 valence electrons. The Balaban J connectivity index is 1.54. The minimum Gasteiger partial charge on any atom is -0.325 e. The summed E-state index contributed by atoms with van der Waals surface area (Å²) in [5.41, 5.74) is -0.724. The van der Waals surface area contributed by atoms with Gasteiger partial charge >= 0.3 is 11.9 Å². The lowest BCUT2D eigenvalue weighted by Gasteiger charge is -2.12. The molecule has 0 fully saturated rings. The summed E-state index contributed by atoms with van der Waals surface area (Å²) in [6.07, 6.45) is 0.122. The van der Waals surface area contributed by atoms with Gasteiger partial charge < -0.3 is 5.32 Å². The molecule has 0 radical (unpaired) electrons. The predicted octanol–water partition coefficient (Wildman–Crippen LogP) is 3.36. The van der Waals surface area contributed by atoms with Crippen molar-refractivity contribution in [1.29, 1.82) is 0 Å². The standard InChI is InChI=1S/C24H20F4N8O2/c1-34-22-18(14-10-31-35(11-14)7-6-20-29-13-30-33-20)8-15(24(26,27)28)9-19(22)36(23(34)38)12-21(37)32-17-4-2-16(25)3-5-17/h2-5,8-11,13H,6-7,12H2,1H3,(H,32,37)(H,29,30,33). The monoisotopic (exact) mass is 528 g/mol. The highest BCUT2D eigenvalue weighted by molar-refractivity contribution is 5.95. The third-order valence-electron chi connectivity index (χ3n) is 5.98. The first-order valence-corrected chi connectivity index (χ1v) is 11.3. The zero-order chi connectivity index (χ0) is 27.0. The Labute approximate surface area is 211 Å². The number of nitrogens with one attached hydrogen (secondary N) is 2. The Hall–Kier alpha value is -4.75.